The molecule has 0 radical (unpaired) electrons. The number of hydrogen-bond acceptors (Lipinski definition) is 4. The molecule has 0 unspecified atom stereocenters. The van der Waals surface area contributed by atoms with Crippen LogP contribution in [0.15, 0.2) is 72.3 Å². The Morgan fingerprint density at radius 1 is 0.909 bits per heavy atom. The number of carbonyl (C=O) groups excluding carboxylic acids is 2. The van der Waals surface area contributed by atoms with Gasteiger partial charge in [-0.3, -0.25) is 9.59 Å². The van der Waals surface area contributed by atoms with E-state index in [0.29, 0.717) is 51.4 Å². The topological polar surface area (TPSA) is 104 Å². The lowest BCUT2D eigenvalue weighted by molar-refractivity contribution is -0.144. The SMILES string of the molecule is CC(C)C[C@@H](N)C(=O)N1CCC(C(=O)N2CC=C3C(C)(C)C(c4ccc(C(=O)O)cc4)=CC[C@]3(C)C2)(c2ccccc2)CC1. The Hall–Kier alpha value is -3.71. The number of carboxylic acid groups (broad SMARTS) is 1. The van der Waals surface area contributed by atoms with Gasteiger partial charge >= 0.3 is 5.97 Å². The second kappa shape index (κ2) is 12.0. The van der Waals surface area contributed by atoms with Gasteiger partial charge in [-0.2, -0.15) is 0 Å². The van der Waals surface area contributed by atoms with Gasteiger partial charge in [-0.15, -0.1) is 0 Å². The van der Waals surface area contributed by atoms with E-state index in [-0.39, 0.29) is 28.2 Å². The second-order valence-corrected chi connectivity index (χ2v) is 14.2. The van der Waals surface area contributed by atoms with Crippen LogP contribution in [0.4, 0.5) is 0 Å². The minimum atomic E-state index is -0.930. The molecule has 0 aromatic heterocycles. The van der Waals surface area contributed by atoms with Gasteiger partial charge in [-0.1, -0.05) is 94.8 Å². The van der Waals surface area contributed by atoms with Crippen LogP contribution in [0.5, 0.6) is 0 Å². The van der Waals surface area contributed by atoms with Gasteiger partial charge in [-0.05, 0) is 60.4 Å². The molecule has 0 bridgehead atoms. The van der Waals surface area contributed by atoms with Gasteiger partial charge in [0.25, 0.3) is 0 Å². The quantitative estimate of drug-likeness (QED) is 0.387. The number of benzene rings is 2. The molecule has 1 saturated heterocycles. The van der Waals surface area contributed by atoms with Gasteiger partial charge < -0.3 is 20.6 Å². The average Bonchev–Trinajstić information content (AvgIpc) is 3.00. The van der Waals surface area contributed by atoms with Crippen LogP contribution < -0.4 is 5.73 Å². The normalized spacial score (nSPS) is 23.3. The monoisotopic (exact) mass is 597 g/mol. The molecule has 3 N–H and O–H groups in total. The maximum Gasteiger partial charge on any atom is 0.335 e. The summed E-state index contributed by atoms with van der Waals surface area (Å²) in [7, 11) is 0. The van der Waals surface area contributed by atoms with Crippen molar-refractivity contribution in [3.8, 4) is 0 Å². The summed E-state index contributed by atoms with van der Waals surface area (Å²) >= 11 is 0. The number of aromatic carboxylic acids is 1. The zero-order valence-corrected chi connectivity index (χ0v) is 26.8. The minimum Gasteiger partial charge on any atom is -0.478 e. The number of nitrogens with zero attached hydrogens (tertiary/aromatic N) is 2. The lowest BCUT2D eigenvalue weighted by Crippen LogP contribution is -2.58. The molecule has 1 aliphatic carbocycles. The van der Waals surface area contributed by atoms with Crippen LogP contribution in [-0.2, 0) is 15.0 Å². The summed E-state index contributed by atoms with van der Waals surface area (Å²) in [6.45, 7) is 13.0. The molecule has 5 rings (SSSR count). The lowest BCUT2D eigenvalue weighted by Gasteiger charge is -2.52. The average molecular weight is 598 g/mol. The van der Waals surface area contributed by atoms with Crippen molar-refractivity contribution in [2.45, 2.75) is 71.8 Å². The molecule has 2 aliphatic heterocycles. The zero-order chi connectivity index (χ0) is 31.9. The molecule has 2 aromatic rings. The summed E-state index contributed by atoms with van der Waals surface area (Å²) in [4.78, 5) is 43.1. The highest BCUT2D eigenvalue weighted by Gasteiger charge is 2.51. The van der Waals surface area contributed by atoms with E-state index in [9.17, 15) is 19.5 Å². The van der Waals surface area contributed by atoms with E-state index >= 15 is 0 Å². The Morgan fingerprint density at radius 3 is 2.14 bits per heavy atom. The Bertz CT molecular complexity index is 1470. The third-order valence-electron chi connectivity index (χ3n) is 10.2. The number of carbonyl (C=O) groups is 3. The standard InChI is InChI=1S/C37H47N3O4/c1-25(2)23-30(38)32(41)39-21-18-37(19-22-39,28-9-7-6-8-10-28)34(44)40-20-16-31-35(3,4)29(15-17-36(31,5)24-40)26-11-13-27(14-12-26)33(42)43/h6-16,25,30H,17-24,38H2,1-5H3,(H,42,43)/t30-,36-/m1/s1. The number of likely N-dealkylation sites (tertiary alicyclic amines) is 1. The van der Waals surface area contributed by atoms with Crippen molar-refractivity contribution in [1.29, 1.82) is 0 Å². The predicted molar refractivity (Wildman–Crippen MR) is 174 cm³/mol. The minimum absolute atomic E-state index is 0.0181. The van der Waals surface area contributed by atoms with E-state index in [1.807, 2.05) is 40.1 Å². The molecule has 2 atom stereocenters. The first-order valence-corrected chi connectivity index (χ1v) is 15.9. The molecule has 0 spiro atoms. The molecule has 7 nitrogen and oxygen atoms in total. The molecule has 2 heterocycles. The second-order valence-electron chi connectivity index (χ2n) is 14.2. The third kappa shape index (κ3) is 5.74. The van der Waals surface area contributed by atoms with E-state index < -0.39 is 17.4 Å². The Balaban J connectivity index is 1.39. The summed E-state index contributed by atoms with van der Waals surface area (Å²) in [6.07, 6.45) is 7.11. The van der Waals surface area contributed by atoms with Crippen LogP contribution in [0.25, 0.3) is 5.57 Å². The fourth-order valence-electron chi connectivity index (χ4n) is 7.99. The largest absolute Gasteiger partial charge is 0.478 e. The number of fused-ring (bicyclic) bond motifs is 1. The number of amides is 2. The van der Waals surface area contributed by atoms with E-state index in [0.717, 1.165) is 17.5 Å². The van der Waals surface area contributed by atoms with Crippen molar-refractivity contribution in [2.75, 3.05) is 26.2 Å². The number of allylic oxidation sites excluding steroid dienone is 2. The van der Waals surface area contributed by atoms with E-state index in [2.05, 4.69) is 58.9 Å². The maximum absolute atomic E-state index is 14.7. The van der Waals surface area contributed by atoms with Crippen LogP contribution in [-0.4, -0.2) is 64.9 Å². The third-order valence-corrected chi connectivity index (χ3v) is 10.2. The van der Waals surface area contributed by atoms with Crippen LogP contribution in [0.1, 0.15) is 81.8 Å². The zero-order valence-electron chi connectivity index (χ0n) is 26.8. The van der Waals surface area contributed by atoms with Gasteiger partial charge in [0.1, 0.15) is 0 Å². The van der Waals surface area contributed by atoms with Crippen LogP contribution >= 0.6 is 0 Å². The Kier molecular flexibility index (Phi) is 8.65. The number of carboxylic acids is 1. The molecule has 7 heteroatoms. The Morgan fingerprint density at radius 2 is 1.55 bits per heavy atom. The fraction of sp³-hybridized carbons (Fsp3) is 0.486. The highest BCUT2D eigenvalue weighted by atomic mass is 16.4. The van der Waals surface area contributed by atoms with Gasteiger partial charge in [0.2, 0.25) is 11.8 Å². The van der Waals surface area contributed by atoms with Crippen LogP contribution in [0.3, 0.4) is 0 Å². The molecular formula is C37H47N3O4. The number of piperidine rings is 1. The van der Waals surface area contributed by atoms with Crippen molar-refractivity contribution in [2.24, 2.45) is 22.5 Å². The molecule has 2 amide bonds. The molecule has 1 fully saturated rings. The molecule has 234 valence electrons. The molecule has 0 saturated carbocycles. The number of hydrogen-bond donors (Lipinski definition) is 2. The van der Waals surface area contributed by atoms with Crippen molar-refractivity contribution in [1.82, 2.24) is 9.80 Å². The summed E-state index contributed by atoms with van der Waals surface area (Å²) < 4.78 is 0. The van der Waals surface area contributed by atoms with Crippen molar-refractivity contribution in [3.05, 3.63) is 89.0 Å². The summed E-state index contributed by atoms with van der Waals surface area (Å²) in [5.74, 6) is -0.470. The van der Waals surface area contributed by atoms with Crippen LogP contribution in [0, 0.1) is 16.7 Å². The van der Waals surface area contributed by atoms with E-state index in [4.69, 9.17) is 5.73 Å². The lowest BCUT2D eigenvalue weighted by atomic mass is 9.58. The smallest absolute Gasteiger partial charge is 0.335 e. The van der Waals surface area contributed by atoms with E-state index in [1.165, 1.54) is 11.1 Å². The van der Waals surface area contributed by atoms with Crippen LogP contribution in [0.2, 0.25) is 0 Å². The van der Waals surface area contributed by atoms with Gasteiger partial charge in [0.05, 0.1) is 17.0 Å². The van der Waals surface area contributed by atoms with Gasteiger partial charge in [-0.25, -0.2) is 4.79 Å². The first-order chi connectivity index (χ1) is 20.8. The fourth-order valence-corrected chi connectivity index (χ4v) is 7.99. The van der Waals surface area contributed by atoms with Gasteiger partial charge in [0, 0.05) is 37.0 Å². The van der Waals surface area contributed by atoms with Crippen molar-refractivity contribution >= 4 is 23.4 Å². The van der Waals surface area contributed by atoms with E-state index in [1.54, 1.807) is 12.1 Å². The van der Waals surface area contributed by atoms with Crippen molar-refractivity contribution < 1.29 is 19.5 Å². The number of rotatable bonds is 7. The van der Waals surface area contributed by atoms with Crippen molar-refractivity contribution in [3.63, 3.8) is 0 Å². The molecule has 44 heavy (non-hydrogen) atoms. The first kappa shape index (κ1) is 31.7. The highest BCUT2D eigenvalue weighted by molar-refractivity contribution is 5.90. The molecule has 2 aromatic carbocycles. The summed E-state index contributed by atoms with van der Waals surface area (Å²) in [5, 5.41) is 9.34. The maximum atomic E-state index is 14.7. The summed E-state index contributed by atoms with van der Waals surface area (Å²) in [6, 6.07) is 16.7. The summed E-state index contributed by atoms with van der Waals surface area (Å²) in [5.41, 5.74) is 9.90. The first-order valence-electron chi connectivity index (χ1n) is 15.9. The Labute approximate surface area is 261 Å². The highest BCUT2D eigenvalue weighted by Crippen LogP contribution is 2.55. The predicted octanol–water partition coefficient (Wildman–Crippen LogP) is 5.91. The molecular weight excluding hydrogens is 550 g/mol. The molecule has 3 aliphatic rings. The number of nitrogens with two attached hydrogens (primary N) is 1. The van der Waals surface area contributed by atoms with Gasteiger partial charge in [0.15, 0.2) is 0 Å².